The van der Waals surface area contributed by atoms with Gasteiger partial charge in [0.05, 0.1) is 5.56 Å². The van der Waals surface area contributed by atoms with Gasteiger partial charge in [-0.05, 0) is 54.9 Å². The number of aryl methyl sites for hydroxylation is 2. The van der Waals surface area contributed by atoms with Crippen molar-refractivity contribution in [2.75, 3.05) is 0 Å². The first-order valence-electron chi connectivity index (χ1n) is 9.08. The molecule has 0 aromatic heterocycles. The predicted octanol–water partition coefficient (Wildman–Crippen LogP) is 6.70. The number of halogens is 2. The normalized spacial score (nSPS) is 21.0. The van der Waals surface area contributed by atoms with Crippen molar-refractivity contribution >= 4 is 0 Å². The molecular weight excluding hydrogens is 302 g/mol. The summed E-state index contributed by atoms with van der Waals surface area (Å²) in [6.07, 6.45) is 6.90. The predicted molar refractivity (Wildman–Crippen MR) is 96.0 cm³/mol. The fourth-order valence-electron chi connectivity index (χ4n) is 3.75. The zero-order valence-corrected chi connectivity index (χ0v) is 14.6. The molecule has 0 bridgehead atoms. The van der Waals surface area contributed by atoms with Gasteiger partial charge in [0.15, 0.2) is 0 Å². The van der Waals surface area contributed by atoms with Crippen molar-refractivity contribution in [2.45, 2.75) is 52.4 Å². The van der Waals surface area contributed by atoms with Gasteiger partial charge in [-0.15, -0.1) is 0 Å². The van der Waals surface area contributed by atoms with Crippen molar-refractivity contribution in [1.29, 1.82) is 0 Å². The van der Waals surface area contributed by atoms with Gasteiger partial charge in [0.25, 0.3) is 0 Å². The maximum atomic E-state index is 14.5. The van der Waals surface area contributed by atoms with Crippen molar-refractivity contribution in [3.05, 3.63) is 59.2 Å². The summed E-state index contributed by atoms with van der Waals surface area (Å²) in [6, 6.07) is 10.4. The minimum absolute atomic E-state index is 0.0882. The average Bonchev–Trinajstić information content (AvgIpc) is 2.55. The molecule has 1 saturated carbocycles. The molecule has 0 nitrogen and oxygen atoms in total. The molecule has 2 heteroatoms. The van der Waals surface area contributed by atoms with Gasteiger partial charge < -0.3 is 0 Å². The van der Waals surface area contributed by atoms with Gasteiger partial charge in [-0.3, -0.25) is 0 Å². The Morgan fingerprint density at radius 1 is 0.917 bits per heavy atom. The van der Waals surface area contributed by atoms with Crippen LogP contribution in [0.5, 0.6) is 0 Å². The van der Waals surface area contributed by atoms with Gasteiger partial charge in [0, 0.05) is 0 Å². The summed E-state index contributed by atoms with van der Waals surface area (Å²) in [5.41, 5.74) is 2.55. The summed E-state index contributed by atoms with van der Waals surface area (Å²) >= 11 is 0. The first-order valence-corrected chi connectivity index (χ1v) is 9.08. The number of hydrogen-bond donors (Lipinski definition) is 0. The second-order valence-corrected chi connectivity index (χ2v) is 7.47. The van der Waals surface area contributed by atoms with E-state index in [2.05, 4.69) is 6.92 Å². The molecule has 1 aliphatic rings. The summed E-state index contributed by atoms with van der Waals surface area (Å²) < 4.78 is 28.9. The van der Waals surface area contributed by atoms with Crippen LogP contribution in [0.15, 0.2) is 36.4 Å². The van der Waals surface area contributed by atoms with Crippen LogP contribution in [0.1, 0.15) is 50.2 Å². The highest BCUT2D eigenvalue weighted by molar-refractivity contribution is 5.65. The van der Waals surface area contributed by atoms with E-state index in [4.69, 9.17) is 0 Å². The van der Waals surface area contributed by atoms with E-state index in [0.29, 0.717) is 11.5 Å². The Balaban J connectivity index is 1.71. The minimum Gasteiger partial charge on any atom is -0.206 e. The van der Waals surface area contributed by atoms with Gasteiger partial charge in [-0.2, -0.15) is 0 Å². The van der Waals surface area contributed by atoms with E-state index in [1.807, 2.05) is 19.1 Å². The molecule has 2 aromatic rings. The van der Waals surface area contributed by atoms with E-state index >= 15 is 0 Å². The van der Waals surface area contributed by atoms with E-state index in [9.17, 15) is 8.78 Å². The Morgan fingerprint density at radius 2 is 1.50 bits per heavy atom. The molecule has 0 radical (unpaired) electrons. The van der Waals surface area contributed by atoms with Crippen molar-refractivity contribution in [3.63, 3.8) is 0 Å². The quantitative estimate of drug-likeness (QED) is 0.586. The van der Waals surface area contributed by atoms with Gasteiger partial charge in [0.1, 0.15) is 11.6 Å². The van der Waals surface area contributed by atoms with Crippen LogP contribution in [-0.2, 0) is 6.42 Å². The third-order valence-corrected chi connectivity index (χ3v) is 5.42. The second kappa shape index (κ2) is 7.46. The molecule has 0 amide bonds. The number of benzene rings is 2. The maximum Gasteiger partial charge on any atom is 0.134 e. The van der Waals surface area contributed by atoms with Crippen LogP contribution in [0.4, 0.5) is 8.78 Å². The molecule has 128 valence electrons. The third-order valence-electron chi connectivity index (χ3n) is 5.42. The monoisotopic (exact) mass is 328 g/mol. The number of rotatable bonds is 4. The lowest BCUT2D eigenvalue weighted by Gasteiger charge is -2.26. The fourth-order valence-corrected chi connectivity index (χ4v) is 3.75. The van der Waals surface area contributed by atoms with Crippen molar-refractivity contribution < 1.29 is 8.78 Å². The van der Waals surface area contributed by atoms with Crippen LogP contribution in [0.3, 0.4) is 0 Å². The Kier molecular flexibility index (Phi) is 5.33. The maximum absolute atomic E-state index is 14.5. The lowest BCUT2D eigenvalue weighted by atomic mass is 9.80. The Labute approximate surface area is 143 Å². The summed E-state index contributed by atoms with van der Waals surface area (Å²) in [5, 5.41) is 0. The van der Waals surface area contributed by atoms with Crippen molar-refractivity contribution in [1.82, 2.24) is 0 Å². The molecule has 2 aromatic carbocycles. The number of hydrogen-bond acceptors (Lipinski definition) is 0. The smallest absolute Gasteiger partial charge is 0.134 e. The van der Waals surface area contributed by atoms with Crippen molar-refractivity contribution in [2.24, 2.45) is 11.8 Å². The first-order chi connectivity index (χ1) is 11.5. The van der Waals surface area contributed by atoms with Crippen LogP contribution in [-0.4, -0.2) is 0 Å². The highest BCUT2D eigenvalue weighted by Gasteiger charge is 2.19. The van der Waals surface area contributed by atoms with Crippen LogP contribution in [0, 0.1) is 30.4 Å². The molecule has 1 fully saturated rings. The molecule has 0 atom stereocenters. The largest absolute Gasteiger partial charge is 0.206 e. The van der Waals surface area contributed by atoms with E-state index in [-0.39, 0.29) is 5.56 Å². The topological polar surface area (TPSA) is 0 Å². The average molecular weight is 328 g/mol. The minimum atomic E-state index is -0.453. The summed E-state index contributed by atoms with van der Waals surface area (Å²) in [7, 11) is 0. The van der Waals surface area contributed by atoms with Gasteiger partial charge in [-0.1, -0.05) is 62.4 Å². The first kappa shape index (κ1) is 17.1. The zero-order chi connectivity index (χ0) is 17.1. The van der Waals surface area contributed by atoms with Crippen LogP contribution < -0.4 is 0 Å². The van der Waals surface area contributed by atoms with E-state index < -0.39 is 11.6 Å². The Morgan fingerprint density at radius 3 is 2.08 bits per heavy atom. The lowest BCUT2D eigenvalue weighted by molar-refractivity contribution is 0.277. The molecule has 0 aliphatic heterocycles. The Hall–Kier alpha value is -1.70. The SMILES string of the molecule is Cc1ccc(-c2c(F)cc(CCC3CCC(C)CC3)cc2F)cc1. The molecule has 1 aliphatic carbocycles. The molecular formula is C22H26F2. The molecule has 0 spiro atoms. The summed E-state index contributed by atoms with van der Waals surface area (Å²) in [4.78, 5) is 0. The molecule has 0 unspecified atom stereocenters. The second-order valence-electron chi connectivity index (χ2n) is 7.47. The highest BCUT2D eigenvalue weighted by Crippen LogP contribution is 2.32. The van der Waals surface area contributed by atoms with Gasteiger partial charge >= 0.3 is 0 Å². The molecule has 0 heterocycles. The highest BCUT2D eigenvalue weighted by atomic mass is 19.1. The summed E-state index contributed by atoms with van der Waals surface area (Å²) in [6.45, 7) is 4.27. The zero-order valence-electron chi connectivity index (χ0n) is 14.6. The van der Waals surface area contributed by atoms with E-state index in [1.165, 1.54) is 37.8 Å². The lowest BCUT2D eigenvalue weighted by Crippen LogP contribution is -2.13. The summed E-state index contributed by atoms with van der Waals surface area (Å²) in [5.74, 6) is 0.645. The van der Waals surface area contributed by atoms with E-state index in [0.717, 1.165) is 29.9 Å². The molecule has 24 heavy (non-hydrogen) atoms. The Bertz CT molecular complexity index is 657. The van der Waals surface area contributed by atoms with Gasteiger partial charge in [-0.25, -0.2) is 8.78 Å². The fraction of sp³-hybridized carbons (Fsp3) is 0.455. The van der Waals surface area contributed by atoms with Crippen molar-refractivity contribution in [3.8, 4) is 11.1 Å². The standard InChI is InChI=1S/C22H26F2/c1-15-3-7-17(8-4-15)9-10-18-13-20(23)22(21(24)14-18)19-11-5-16(2)6-12-19/h5-6,11-15,17H,3-4,7-10H2,1-2H3. The van der Waals surface area contributed by atoms with Crippen LogP contribution in [0.2, 0.25) is 0 Å². The van der Waals surface area contributed by atoms with Gasteiger partial charge in [0.2, 0.25) is 0 Å². The van der Waals surface area contributed by atoms with Crippen LogP contribution >= 0.6 is 0 Å². The van der Waals surface area contributed by atoms with E-state index in [1.54, 1.807) is 12.1 Å². The molecule has 0 saturated heterocycles. The third kappa shape index (κ3) is 4.03. The molecule has 0 N–H and O–H groups in total. The molecule has 3 rings (SSSR count). The van der Waals surface area contributed by atoms with Crippen LogP contribution in [0.25, 0.3) is 11.1 Å².